The first-order valence-electron chi connectivity index (χ1n) is 6.49. The number of aryl methyl sites for hydroxylation is 1. The van der Waals surface area contributed by atoms with E-state index in [4.69, 9.17) is 5.11 Å². The smallest absolute Gasteiger partial charge is 0.339 e. The molecule has 2 atom stereocenters. The second-order valence-electron chi connectivity index (χ2n) is 4.36. The summed E-state index contributed by atoms with van der Waals surface area (Å²) in [5.74, 6) is 2.14. The van der Waals surface area contributed by atoms with E-state index in [1.54, 1.807) is 0 Å². The van der Waals surface area contributed by atoms with Crippen molar-refractivity contribution in [3.8, 4) is 0 Å². The molecule has 19 heavy (non-hydrogen) atoms. The van der Waals surface area contributed by atoms with E-state index in [-0.39, 0.29) is 10.8 Å². The highest BCUT2D eigenvalue weighted by Gasteiger charge is 2.29. The molecule has 0 bridgehead atoms. The normalized spacial score (nSPS) is 23.3. The number of carboxylic acid groups (broad SMARTS) is 1. The molecule has 4 nitrogen and oxygen atoms in total. The summed E-state index contributed by atoms with van der Waals surface area (Å²) in [4.78, 5) is 19.9. The molecule has 1 aromatic heterocycles. The molecule has 1 aromatic rings. The lowest BCUT2D eigenvalue weighted by atomic mass is 10.1. The lowest BCUT2D eigenvalue weighted by molar-refractivity contribution is 0.0694. The van der Waals surface area contributed by atoms with Gasteiger partial charge in [-0.25, -0.2) is 14.8 Å². The molecule has 2 unspecified atom stereocenters. The number of rotatable bonds is 4. The van der Waals surface area contributed by atoms with Gasteiger partial charge in [-0.05, 0) is 12.8 Å². The quantitative estimate of drug-likeness (QED) is 0.922. The van der Waals surface area contributed by atoms with Gasteiger partial charge in [0.05, 0.1) is 16.5 Å². The van der Waals surface area contributed by atoms with Crippen molar-refractivity contribution in [3.05, 3.63) is 23.3 Å². The van der Waals surface area contributed by atoms with E-state index in [9.17, 15) is 4.79 Å². The third-order valence-corrected chi connectivity index (χ3v) is 6.40. The Morgan fingerprint density at radius 3 is 2.79 bits per heavy atom. The molecule has 0 radical (unpaired) electrons. The van der Waals surface area contributed by atoms with Gasteiger partial charge in [-0.3, -0.25) is 0 Å². The zero-order valence-corrected chi connectivity index (χ0v) is 12.8. The molecule has 1 saturated heterocycles. The second kappa shape index (κ2) is 6.61. The molecule has 2 rings (SSSR count). The lowest BCUT2D eigenvalue weighted by Crippen LogP contribution is -2.21. The molecule has 2 heterocycles. The minimum atomic E-state index is -0.943. The Hall–Kier alpha value is -0.750. The van der Waals surface area contributed by atoms with Crippen molar-refractivity contribution >= 4 is 29.5 Å². The van der Waals surface area contributed by atoms with Crippen molar-refractivity contribution in [3.63, 3.8) is 0 Å². The van der Waals surface area contributed by atoms with Gasteiger partial charge < -0.3 is 5.11 Å². The summed E-state index contributed by atoms with van der Waals surface area (Å²) in [6.45, 7) is 4.11. The van der Waals surface area contributed by atoms with Gasteiger partial charge in [-0.2, -0.15) is 11.8 Å². The summed E-state index contributed by atoms with van der Waals surface area (Å²) < 4.78 is 0. The van der Waals surface area contributed by atoms with Crippen molar-refractivity contribution in [2.45, 2.75) is 37.2 Å². The minimum Gasteiger partial charge on any atom is -0.478 e. The summed E-state index contributed by atoms with van der Waals surface area (Å²) >= 11 is 3.86. The molecule has 0 aliphatic carbocycles. The van der Waals surface area contributed by atoms with Gasteiger partial charge in [0.2, 0.25) is 0 Å². The van der Waals surface area contributed by atoms with Crippen LogP contribution in [0.25, 0.3) is 0 Å². The van der Waals surface area contributed by atoms with Gasteiger partial charge in [0.1, 0.15) is 5.82 Å². The molecule has 0 saturated carbocycles. The Labute approximate surface area is 121 Å². The number of nitrogens with zero attached hydrogens (tertiary/aromatic N) is 2. The van der Waals surface area contributed by atoms with E-state index < -0.39 is 5.97 Å². The molecular weight excluding hydrogens is 280 g/mol. The molecular formula is C13H18N2O2S2. The largest absolute Gasteiger partial charge is 0.478 e. The highest BCUT2D eigenvalue weighted by atomic mass is 32.2. The van der Waals surface area contributed by atoms with Crippen LogP contribution in [-0.2, 0) is 6.42 Å². The van der Waals surface area contributed by atoms with Gasteiger partial charge in [-0.15, -0.1) is 11.8 Å². The molecule has 1 aliphatic rings. The molecule has 6 heteroatoms. The lowest BCUT2D eigenvalue weighted by Gasteiger charge is -2.28. The van der Waals surface area contributed by atoms with Crippen LogP contribution in [0.15, 0.2) is 6.20 Å². The van der Waals surface area contributed by atoms with Crippen LogP contribution in [0.1, 0.15) is 47.4 Å². The van der Waals surface area contributed by atoms with Crippen LogP contribution in [0.5, 0.6) is 0 Å². The van der Waals surface area contributed by atoms with Crippen LogP contribution in [0.4, 0.5) is 0 Å². The van der Waals surface area contributed by atoms with Crippen molar-refractivity contribution in [1.82, 2.24) is 9.97 Å². The standard InChI is InChI=1S/C13H18N2O2S2/c1-3-9-8(13(16)17)7-14-12(15-9)11-10(4-2)18-5-6-19-11/h7,10-11H,3-6H2,1-2H3,(H,16,17). The van der Waals surface area contributed by atoms with Crippen LogP contribution in [-0.4, -0.2) is 37.8 Å². The topological polar surface area (TPSA) is 63.1 Å². The minimum absolute atomic E-state index is 0.229. The van der Waals surface area contributed by atoms with Gasteiger partial charge in [0, 0.05) is 23.0 Å². The Morgan fingerprint density at radius 2 is 2.16 bits per heavy atom. The monoisotopic (exact) mass is 298 g/mol. The molecule has 104 valence electrons. The summed E-state index contributed by atoms with van der Waals surface area (Å²) in [5.41, 5.74) is 0.872. The van der Waals surface area contributed by atoms with Gasteiger partial charge >= 0.3 is 5.97 Å². The maximum absolute atomic E-state index is 11.1. The van der Waals surface area contributed by atoms with Crippen LogP contribution < -0.4 is 0 Å². The van der Waals surface area contributed by atoms with Crippen molar-refractivity contribution in [2.75, 3.05) is 11.5 Å². The molecule has 1 fully saturated rings. The predicted octanol–water partition coefficient (Wildman–Crippen LogP) is 3.04. The van der Waals surface area contributed by atoms with Crippen LogP contribution in [0.3, 0.4) is 0 Å². The van der Waals surface area contributed by atoms with Crippen molar-refractivity contribution in [1.29, 1.82) is 0 Å². The summed E-state index contributed by atoms with van der Waals surface area (Å²) in [7, 11) is 0. The summed E-state index contributed by atoms with van der Waals surface area (Å²) in [5, 5.41) is 9.92. The number of aromatic nitrogens is 2. The highest BCUT2D eigenvalue weighted by Crippen LogP contribution is 2.42. The first kappa shape index (κ1) is 14.7. The molecule has 0 amide bonds. The van der Waals surface area contributed by atoms with Gasteiger partial charge in [0.25, 0.3) is 0 Å². The average Bonchev–Trinajstić information content (AvgIpc) is 2.46. The third-order valence-electron chi connectivity index (χ3n) is 3.16. The zero-order chi connectivity index (χ0) is 13.8. The first-order valence-corrected chi connectivity index (χ1v) is 8.59. The molecule has 0 aromatic carbocycles. The molecule has 0 spiro atoms. The Kier molecular flexibility index (Phi) is 5.10. The van der Waals surface area contributed by atoms with Gasteiger partial charge in [-0.1, -0.05) is 13.8 Å². The Bertz CT molecular complexity index is 468. The van der Waals surface area contributed by atoms with E-state index in [1.807, 2.05) is 30.4 Å². The number of carboxylic acids is 1. The predicted molar refractivity (Wildman–Crippen MR) is 80.1 cm³/mol. The maximum Gasteiger partial charge on any atom is 0.339 e. The van der Waals surface area contributed by atoms with E-state index in [0.29, 0.717) is 17.4 Å². The summed E-state index contributed by atoms with van der Waals surface area (Å²) in [6, 6.07) is 0. The molecule has 1 N–H and O–H groups in total. The van der Waals surface area contributed by atoms with E-state index in [1.165, 1.54) is 11.9 Å². The molecule has 1 aliphatic heterocycles. The number of carbonyl (C=O) groups is 1. The fourth-order valence-corrected chi connectivity index (χ4v) is 5.16. The SMILES string of the molecule is CCc1nc(C2SCCSC2CC)ncc1C(=O)O. The number of aromatic carboxylic acids is 1. The van der Waals surface area contributed by atoms with Crippen LogP contribution in [0, 0.1) is 0 Å². The highest BCUT2D eigenvalue weighted by molar-refractivity contribution is 8.06. The number of thioether (sulfide) groups is 2. The summed E-state index contributed by atoms with van der Waals surface area (Å²) in [6.07, 6.45) is 3.18. The van der Waals surface area contributed by atoms with Gasteiger partial charge in [0.15, 0.2) is 0 Å². The van der Waals surface area contributed by atoms with Crippen molar-refractivity contribution < 1.29 is 9.90 Å². The second-order valence-corrected chi connectivity index (χ2v) is 6.95. The Balaban J connectivity index is 2.31. The average molecular weight is 298 g/mol. The number of hydrogen-bond donors (Lipinski definition) is 1. The van der Waals surface area contributed by atoms with Crippen LogP contribution in [0.2, 0.25) is 0 Å². The zero-order valence-electron chi connectivity index (χ0n) is 11.1. The number of hydrogen-bond acceptors (Lipinski definition) is 5. The Morgan fingerprint density at radius 1 is 1.42 bits per heavy atom. The first-order chi connectivity index (χ1) is 9.17. The van der Waals surface area contributed by atoms with Crippen molar-refractivity contribution in [2.24, 2.45) is 0 Å². The fourth-order valence-electron chi connectivity index (χ4n) is 2.16. The van der Waals surface area contributed by atoms with E-state index in [2.05, 4.69) is 16.9 Å². The fraction of sp³-hybridized carbons (Fsp3) is 0.615. The van der Waals surface area contributed by atoms with Crippen LogP contribution >= 0.6 is 23.5 Å². The van der Waals surface area contributed by atoms with E-state index >= 15 is 0 Å². The van der Waals surface area contributed by atoms with E-state index in [0.717, 1.165) is 18.0 Å². The maximum atomic E-state index is 11.1. The third kappa shape index (κ3) is 3.23.